The molecule has 0 N–H and O–H groups in total. The van der Waals surface area contributed by atoms with Crippen molar-refractivity contribution < 1.29 is 114 Å². The zero-order chi connectivity index (χ0) is 38.2. The van der Waals surface area contributed by atoms with E-state index >= 15 is 0 Å². The van der Waals surface area contributed by atoms with Crippen molar-refractivity contribution >= 4 is 23.5 Å². The standard InChI is InChI=1S/C19H12F26S2/c20-8(21,10(24,25)12(28,29)14(32,33)16(36,37)18(40,41)42)3-1-7(5-46-6-47-7)2-4-9(22,23)11(26,27)13(30,31)15(34,35)17(38,39)19(43,44)45/h1-6H2. The maximum absolute atomic E-state index is 14.2. The quantitative estimate of drug-likeness (QED) is 0.161. The summed E-state index contributed by atoms with van der Waals surface area (Å²) in [5, 5.41) is -0.595. The topological polar surface area (TPSA) is 0 Å². The van der Waals surface area contributed by atoms with Crippen LogP contribution in [0.3, 0.4) is 0 Å². The third-order valence-electron chi connectivity index (χ3n) is 6.60. The highest BCUT2D eigenvalue weighted by atomic mass is 32.2. The van der Waals surface area contributed by atoms with Gasteiger partial charge in [-0.05, 0) is 12.8 Å². The molecule has 1 heterocycles. The molecule has 282 valence electrons. The summed E-state index contributed by atoms with van der Waals surface area (Å²) in [5.74, 6) is -79.7. The Labute approximate surface area is 251 Å². The van der Waals surface area contributed by atoms with Crippen LogP contribution >= 0.6 is 23.5 Å². The summed E-state index contributed by atoms with van der Waals surface area (Å²) in [6.45, 7) is 0. The first-order chi connectivity index (χ1) is 20.1. The molecule has 0 amide bonds. The highest BCUT2D eigenvalue weighted by Gasteiger charge is 2.92. The highest BCUT2D eigenvalue weighted by molar-refractivity contribution is 8.19. The van der Waals surface area contributed by atoms with Gasteiger partial charge in [0.1, 0.15) is 0 Å². The second-order valence-electron chi connectivity index (χ2n) is 9.79. The Kier molecular flexibility index (Phi) is 11.2. The van der Waals surface area contributed by atoms with Gasteiger partial charge in [0.05, 0.1) is 0 Å². The maximum Gasteiger partial charge on any atom is 0.460 e. The van der Waals surface area contributed by atoms with E-state index in [1.165, 1.54) is 0 Å². The van der Waals surface area contributed by atoms with Gasteiger partial charge in [-0.15, -0.1) is 23.5 Å². The molecule has 1 fully saturated rings. The molecule has 0 nitrogen and oxygen atoms in total. The van der Waals surface area contributed by atoms with E-state index in [4.69, 9.17) is 0 Å². The lowest BCUT2D eigenvalue weighted by atomic mass is 9.86. The molecule has 1 aliphatic heterocycles. The monoisotopic (exact) mass is 798 g/mol. The van der Waals surface area contributed by atoms with Crippen molar-refractivity contribution in [2.24, 2.45) is 0 Å². The van der Waals surface area contributed by atoms with E-state index in [-0.39, 0.29) is 11.8 Å². The largest absolute Gasteiger partial charge is 0.460 e. The smallest absolute Gasteiger partial charge is 0.200 e. The SMILES string of the molecule is FC(F)(F)C(F)(F)C(F)(F)C(F)(F)C(F)(F)C(F)(F)CCC1(CCC(F)(F)C(F)(F)C(F)(F)C(F)(F)C(F)(F)C(F)(F)F)CSCS1. The van der Waals surface area contributed by atoms with E-state index in [0.29, 0.717) is 11.8 Å². The van der Waals surface area contributed by atoms with Crippen LogP contribution in [0.15, 0.2) is 0 Å². The predicted octanol–water partition coefficient (Wildman–Crippen LogP) is 11.2. The molecule has 1 aliphatic rings. The Balaban J connectivity index is 3.40. The zero-order valence-corrected chi connectivity index (χ0v) is 23.0. The number of alkyl halides is 26. The Morgan fingerprint density at radius 2 is 0.617 bits per heavy atom. The molecule has 28 heteroatoms. The third-order valence-corrected chi connectivity index (χ3v) is 9.84. The van der Waals surface area contributed by atoms with Gasteiger partial charge >= 0.3 is 71.6 Å². The average molecular weight is 798 g/mol. The first kappa shape index (κ1) is 43.9. The van der Waals surface area contributed by atoms with Gasteiger partial charge in [-0.3, -0.25) is 0 Å². The number of rotatable bonds is 14. The van der Waals surface area contributed by atoms with Crippen LogP contribution < -0.4 is 0 Å². The van der Waals surface area contributed by atoms with Crippen molar-refractivity contribution in [3.63, 3.8) is 0 Å². The molecule has 1 saturated heterocycles. The van der Waals surface area contributed by atoms with Crippen LogP contribution in [-0.2, 0) is 0 Å². The number of thioether (sulfide) groups is 2. The fourth-order valence-corrected chi connectivity index (χ4v) is 6.94. The molecule has 0 atom stereocenters. The van der Waals surface area contributed by atoms with E-state index in [1.54, 1.807) is 0 Å². The normalized spacial score (nSPS) is 19.0. The fourth-order valence-electron chi connectivity index (χ4n) is 3.54. The minimum Gasteiger partial charge on any atom is -0.200 e. The summed E-state index contributed by atoms with van der Waals surface area (Å²) in [6, 6.07) is 0. The molecule has 1 rings (SSSR count). The lowest BCUT2D eigenvalue weighted by Gasteiger charge is -2.41. The van der Waals surface area contributed by atoms with Crippen LogP contribution in [0.4, 0.5) is 114 Å². The molecule has 0 aliphatic carbocycles. The van der Waals surface area contributed by atoms with Crippen molar-refractivity contribution in [2.45, 2.75) is 102 Å². The van der Waals surface area contributed by atoms with Gasteiger partial charge in [0.15, 0.2) is 0 Å². The van der Waals surface area contributed by atoms with Crippen molar-refractivity contribution in [2.75, 3.05) is 10.8 Å². The molecular formula is C19H12F26S2. The summed E-state index contributed by atoms with van der Waals surface area (Å²) in [7, 11) is 0. The fraction of sp³-hybridized carbons (Fsp3) is 1.00. The predicted molar refractivity (Wildman–Crippen MR) is 108 cm³/mol. The van der Waals surface area contributed by atoms with Gasteiger partial charge in [0.2, 0.25) is 0 Å². The number of hydrogen-bond donors (Lipinski definition) is 0. The second-order valence-corrected chi connectivity index (χ2v) is 12.6. The lowest BCUT2D eigenvalue weighted by Crippen LogP contribution is -2.70. The van der Waals surface area contributed by atoms with E-state index < -0.39 is 113 Å². The van der Waals surface area contributed by atoms with Crippen LogP contribution in [-0.4, -0.2) is 87.2 Å². The minimum absolute atomic E-state index is 0.0685. The summed E-state index contributed by atoms with van der Waals surface area (Å²) in [6.07, 6.45) is -25.8. The maximum atomic E-state index is 14.2. The number of hydrogen-bond acceptors (Lipinski definition) is 2. The second kappa shape index (κ2) is 12.0. The van der Waals surface area contributed by atoms with Crippen LogP contribution in [0.5, 0.6) is 0 Å². The van der Waals surface area contributed by atoms with Crippen LogP contribution in [0.25, 0.3) is 0 Å². The zero-order valence-electron chi connectivity index (χ0n) is 21.4. The molecule has 0 saturated carbocycles. The van der Waals surface area contributed by atoms with Gasteiger partial charge in [0.25, 0.3) is 0 Å². The van der Waals surface area contributed by atoms with Crippen molar-refractivity contribution in [3.05, 3.63) is 0 Å². The van der Waals surface area contributed by atoms with Gasteiger partial charge in [0, 0.05) is 28.4 Å². The lowest BCUT2D eigenvalue weighted by molar-refractivity contribution is -0.440. The van der Waals surface area contributed by atoms with Gasteiger partial charge < -0.3 is 0 Å². The Hall–Kier alpha value is -1.12. The highest BCUT2D eigenvalue weighted by Crippen LogP contribution is 2.63. The molecule has 0 aromatic rings. The van der Waals surface area contributed by atoms with Crippen molar-refractivity contribution in [1.29, 1.82) is 0 Å². The molecule has 0 aromatic carbocycles. The van der Waals surface area contributed by atoms with Crippen molar-refractivity contribution in [3.8, 4) is 0 Å². The Morgan fingerprint density at radius 1 is 0.362 bits per heavy atom. The van der Waals surface area contributed by atoms with Crippen LogP contribution in [0, 0.1) is 0 Å². The summed E-state index contributed by atoms with van der Waals surface area (Å²) >= 11 is 0.274. The first-order valence-electron chi connectivity index (χ1n) is 11.3. The minimum atomic E-state index is -8.31. The first-order valence-corrected chi connectivity index (χ1v) is 13.4. The molecular weight excluding hydrogens is 786 g/mol. The van der Waals surface area contributed by atoms with E-state index in [1.807, 2.05) is 0 Å². The van der Waals surface area contributed by atoms with Gasteiger partial charge in [-0.1, -0.05) is 0 Å². The Bertz CT molecular complexity index is 1010. The summed E-state index contributed by atoms with van der Waals surface area (Å²) in [5.41, 5.74) is 0. The number of halogens is 26. The average Bonchev–Trinajstić information content (AvgIpc) is 3.33. The molecule has 0 unspecified atom stereocenters. The van der Waals surface area contributed by atoms with Crippen LogP contribution in [0.1, 0.15) is 25.7 Å². The van der Waals surface area contributed by atoms with E-state index in [2.05, 4.69) is 0 Å². The van der Waals surface area contributed by atoms with Crippen LogP contribution in [0.2, 0.25) is 0 Å². The molecule has 0 spiro atoms. The molecule has 0 aromatic heterocycles. The van der Waals surface area contributed by atoms with Crippen molar-refractivity contribution in [1.82, 2.24) is 0 Å². The Morgan fingerprint density at radius 3 is 0.830 bits per heavy atom. The van der Waals surface area contributed by atoms with E-state index in [0.717, 1.165) is 0 Å². The molecule has 0 radical (unpaired) electrons. The summed E-state index contributed by atoms with van der Waals surface area (Å²) in [4.78, 5) is 0. The van der Waals surface area contributed by atoms with E-state index in [9.17, 15) is 114 Å². The molecule has 0 bridgehead atoms. The molecule has 47 heavy (non-hydrogen) atoms. The van der Waals surface area contributed by atoms with Gasteiger partial charge in [-0.2, -0.15) is 114 Å². The van der Waals surface area contributed by atoms with Gasteiger partial charge in [-0.25, -0.2) is 0 Å². The third kappa shape index (κ3) is 6.59. The summed E-state index contributed by atoms with van der Waals surface area (Å²) < 4.78 is 343.